The van der Waals surface area contributed by atoms with E-state index in [4.69, 9.17) is 5.11 Å². The molecular formula is C8H11N3O4. The fourth-order valence-electron chi connectivity index (χ4n) is 0.698. The zero-order chi connectivity index (χ0) is 11.6. The number of aromatic nitrogens is 2. The molecule has 1 rings (SSSR count). The highest BCUT2D eigenvalue weighted by molar-refractivity contribution is 6.06. The molecular weight excluding hydrogens is 202 g/mol. The van der Waals surface area contributed by atoms with Crippen molar-refractivity contribution in [2.75, 3.05) is 5.32 Å². The summed E-state index contributed by atoms with van der Waals surface area (Å²) in [6.45, 7) is 4.16. The third-order valence-corrected chi connectivity index (χ3v) is 1.85. The number of nitrogens with one attached hydrogen (secondary N) is 1. The number of amides is 1. The van der Waals surface area contributed by atoms with Crippen molar-refractivity contribution in [3.05, 3.63) is 5.82 Å². The highest BCUT2D eigenvalue weighted by atomic mass is 16.5. The van der Waals surface area contributed by atoms with E-state index >= 15 is 0 Å². The Kier molecular flexibility index (Phi) is 2.74. The third kappa shape index (κ3) is 2.30. The molecule has 0 aliphatic carbocycles. The van der Waals surface area contributed by atoms with Gasteiger partial charge in [0, 0.05) is 0 Å². The minimum atomic E-state index is -1.54. The summed E-state index contributed by atoms with van der Waals surface area (Å²) in [4.78, 5) is 25.9. The van der Waals surface area contributed by atoms with Crippen LogP contribution in [0.4, 0.5) is 6.01 Å². The molecule has 0 aliphatic heterocycles. The quantitative estimate of drug-likeness (QED) is 0.705. The van der Waals surface area contributed by atoms with Crippen molar-refractivity contribution >= 4 is 17.9 Å². The maximum absolute atomic E-state index is 11.5. The summed E-state index contributed by atoms with van der Waals surface area (Å²) in [5.41, 5.74) is -1.54. The average Bonchev–Trinajstić information content (AvgIpc) is 2.50. The molecule has 7 heteroatoms. The lowest BCUT2D eigenvalue weighted by atomic mass is 9.93. The maximum Gasteiger partial charge on any atom is 0.328 e. The highest BCUT2D eigenvalue weighted by Gasteiger charge is 2.36. The van der Waals surface area contributed by atoms with Gasteiger partial charge in [-0.05, 0) is 20.8 Å². The number of carboxylic acid groups (broad SMARTS) is 1. The van der Waals surface area contributed by atoms with E-state index in [-0.39, 0.29) is 6.01 Å². The maximum atomic E-state index is 11.5. The second-order valence-electron chi connectivity index (χ2n) is 3.53. The van der Waals surface area contributed by atoms with Gasteiger partial charge in [0.05, 0.1) is 0 Å². The first kappa shape index (κ1) is 11.2. The molecule has 1 amide bonds. The first-order valence-electron chi connectivity index (χ1n) is 4.19. The van der Waals surface area contributed by atoms with Gasteiger partial charge in [0.15, 0.2) is 5.82 Å². The van der Waals surface area contributed by atoms with E-state index in [1.165, 1.54) is 13.8 Å². The molecule has 7 nitrogen and oxygen atoms in total. The number of hydrogen-bond donors (Lipinski definition) is 2. The highest BCUT2D eigenvalue weighted by Crippen LogP contribution is 2.17. The lowest BCUT2D eigenvalue weighted by Gasteiger charge is -2.16. The largest absolute Gasteiger partial charge is 0.480 e. The monoisotopic (exact) mass is 213 g/mol. The normalized spacial score (nSPS) is 11.1. The second kappa shape index (κ2) is 3.68. The van der Waals surface area contributed by atoms with Crippen molar-refractivity contribution in [3.63, 3.8) is 0 Å². The number of aryl methyl sites for hydroxylation is 1. The number of carboxylic acids is 1. The molecule has 0 fully saturated rings. The molecule has 0 aliphatic rings. The van der Waals surface area contributed by atoms with Gasteiger partial charge in [0.25, 0.3) is 0 Å². The topological polar surface area (TPSA) is 105 Å². The van der Waals surface area contributed by atoms with Gasteiger partial charge >= 0.3 is 12.0 Å². The average molecular weight is 213 g/mol. The van der Waals surface area contributed by atoms with Crippen molar-refractivity contribution in [1.29, 1.82) is 0 Å². The molecule has 0 radical (unpaired) electrons. The van der Waals surface area contributed by atoms with E-state index in [2.05, 4.69) is 20.0 Å². The third-order valence-electron chi connectivity index (χ3n) is 1.85. The Morgan fingerprint density at radius 3 is 2.47 bits per heavy atom. The van der Waals surface area contributed by atoms with E-state index in [1.54, 1.807) is 6.92 Å². The molecule has 1 heterocycles. The Labute approximate surface area is 85.5 Å². The Morgan fingerprint density at radius 1 is 1.47 bits per heavy atom. The first-order valence-corrected chi connectivity index (χ1v) is 4.19. The summed E-state index contributed by atoms with van der Waals surface area (Å²) in [5, 5.41) is 14.4. The van der Waals surface area contributed by atoms with Crippen LogP contribution in [0.2, 0.25) is 0 Å². The number of hydrogen-bond acceptors (Lipinski definition) is 5. The molecule has 2 N–H and O–H groups in total. The van der Waals surface area contributed by atoms with Gasteiger partial charge in [0.1, 0.15) is 5.41 Å². The SMILES string of the molecule is Cc1noc(NC(=O)C(C)(C)C(=O)O)n1. The van der Waals surface area contributed by atoms with Gasteiger partial charge < -0.3 is 9.63 Å². The van der Waals surface area contributed by atoms with E-state index in [0.29, 0.717) is 5.82 Å². The van der Waals surface area contributed by atoms with Gasteiger partial charge in [0.2, 0.25) is 5.91 Å². The smallest absolute Gasteiger partial charge is 0.328 e. The minimum Gasteiger partial charge on any atom is -0.480 e. The molecule has 0 bridgehead atoms. The van der Waals surface area contributed by atoms with Gasteiger partial charge in [-0.3, -0.25) is 14.9 Å². The molecule has 1 aromatic heterocycles. The van der Waals surface area contributed by atoms with Crippen LogP contribution in [0.1, 0.15) is 19.7 Å². The van der Waals surface area contributed by atoms with Crippen molar-refractivity contribution in [1.82, 2.24) is 10.1 Å². The van der Waals surface area contributed by atoms with Crippen LogP contribution in [0.15, 0.2) is 4.52 Å². The molecule has 82 valence electrons. The lowest BCUT2D eigenvalue weighted by Crippen LogP contribution is -2.37. The number of aliphatic carboxylic acids is 1. The molecule has 0 atom stereocenters. The van der Waals surface area contributed by atoms with Crippen molar-refractivity contribution in [2.45, 2.75) is 20.8 Å². The Hall–Kier alpha value is -1.92. The summed E-state index contributed by atoms with van der Waals surface area (Å²) in [6, 6.07) is -0.105. The van der Waals surface area contributed by atoms with Crippen LogP contribution in [0.3, 0.4) is 0 Å². The molecule has 0 spiro atoms. The fraction of sp³-hybridized carbons (Fsp3) is 0.500. The predicted octanol–water partition coefficient (Wildman–Crippen LogP) is 0.427. The van der Waals surface area contributed by atoms with Crippen LogP contribution in [0.5, 0.6) is 0 Å². The summed E-state index contributed by atoms with van der Waals surface area (Å²) in [5.74, 6) is -1.58. The van der Waals surface area contributed by atoms with E-state index in [9.17, 15) is 9.59 Å². The minimum absolute atomic E-state index is 0.105. The Balaban J connectivity index is 2.76. The van der Waals surface area contributed by atoms with Gasteiger partial charge in [-0.25, -0.2) is 0 Å². The standard InChI is InChI=1S/C8H11N3O4/c1-4-9-7(15-11-4)10-5(12)8(2,3)6(13)14/h1-3H3,(H,13,14)(H,9,10,11,12). The molecule has 0 saturated heterocycles. The van der Waals surface area contributed by atoms with Gasteiger partial charge in [-0.1, -0.05) is 5.16 Å². The predicted molar refractivity (Wildman–Crippen MR) is 49.1 cm³/mol. The second-order valence-corrected chi connectivity index (χ2v) is 3.53. The van der Waals surface area contributed by atoms with Crippen LogP contribution in [0.25, 0.3) is 0 Å². The van der Waals surface area contributed by atoms with Crippen molar-refractivity contribution in [3.8, 4) is 0 Å². The van der Waals surface area contributed by atoms with Crippen LogP contribution in [0, 0.1) is 12.3 Å². The fourth-order valence-corrected chi connectivity index (χ4v) is 0.698. The first-order chi connectivity index (χ1) is 6.84. The molecule has 0 aromatic carbocycles. The van der Waals surface area contributed by atoms with Crippen LogP contribution >= 0.6 is 0 Å². The van der Waals surface area contributed by atoms with Crippen LogP contribution in [-0.2, 0) is 9.59 Å². The van der Waals surface area contributed by atoms with E-state index in [1.807, 2.05) is 0 Å². The molecule has 0 unspecified atom stereocenters. The van der Waals surface area contributed by atoms with Crippen molar-refractivity contribution < 1.29 is 19.2 Å². The number of nitrogens with zero attached hydrogens (tertiary/aromatic N) is 2. The van der Waals surface area contributed by atoms with E-state index < -0.39 is 17.3 Å². The van der Waals surface area contributed by atoms with Gasteiger partial charge in [-0.2, -0.15) is 4.98 Å². The van der Waals surface area contributed by atoms with Gasteiger partial charge in [-0.15, -0.1) is 0 Å². The zero-order valence-corrected chi connectivity index (χ0v) is 8.57. The lowest BCUT2D eigenvalue weighted by molar-refractivity contribution is -0.151. The number of rotatable bonds is 3. The number of carbonyl (C=O) groups excluding carboxylic acids is 1. The summed E-state index contributed by atoms with van der Waals surface area (Å²) < 4.78 is 4.62. The number of carbonyl (C=O) groups is 2. The Morgan fingerprint density at radius 2 is 2.07 bits per heavy atom. The van der Waals surface area contributed by atoms with Crippen molar-refractivity contribution in [2.24, 2.45) is 5.41 Å². The summed E-state index contributed by atoms with van der Waals surface area (Å²) in [7, 11) is 0. The molecule has 1 aromatic rings. The van der Waals surface area contributed by atoms with Crippen LogP contribution < -0.4 is 5.32 Å². The van der Waals surface area contributed by atoms with Crippen LogP contribution in [-0.4, -0.2) is 27.1 Å². The van der Waals surface area contributed by atoms with E-state index in [0.717, 1.165) is 0 Å². The number of anilines is 1. The molecule has 15 heavy (non-hydrogen) atoms. The summed E-state index contributed by atoms with van der Waals surface area (Å²) >= 11 is 0. The molecule has 0 saturated carbocycles. The Bertz CT molecular complexity index is 396. The zero-order valence-electron chi connectivity index (χ0n) is 8.57. The summed E-state index contributed by atoms with van der Waals surface area (Å²) in [6.07, 6.45) is 0.